The number of rotatable bonds is 3. The van der Waals surface area contributed by atoms with Gasteiger partial charge in [0.05, 0.1) is 0 Å². The molecular formula is C10H17NO2. The van der Waals surface area contributed by atoms with Crippen LogP contribution in [0, 0.1) is 0 Å². The third-order valence-corrected chi connectivity index (χ3v) is 2.61. The Morgan fingerprint density at radius 1 is 1.38 bits per heavy atom. The molecule has 74 valence electrons. The van der Waals surface area contributed by atoms with Crippen LogP contribution in [0.2, 0.25) is 0 Å². The molecule has 1 fully saturated rings. The third-order valence-electron chi connectivity index (χ3n) is 2.61. The summed E-state index contributed by atoms with van der Waals surface area (Å²) in [4.78, 5) is 23.8. The molecule has 1 amide bonds. The molecular weight excluding hydrogens is 166 g/mol. The van der Waals surface area contributed by atoms with Crippen LogP contribution >= 0.6 is 0 Å². The van der Waals surface area contributed by atoms with Crippen LogP contribution in [0.4, 0.5) is 0 Å². The molecule has 0 bridgehead atoms. The maximum absolute atomic E-state index is 11.1. The molecule has 1 aliphatic heterocycles. The van der Waals surface area contributed by atoms with Gasteiger partial charge in [0, 0.05) is 25.9 Å². The summed E-state index contributed by atoms with van der Waals surface area (Å²) in [6.07, 6.45) is 3.60. The van der Waals surface area contributed by atoms with Crippen LogP contribution in [0.25, 0.3) is 0 Å². The van der Waals surface area contributed by atoms with Gasteiger partial charge in [0.25, 0.3) is 0 Å². The van der Waals surface area contributed by atoms with Crippen LogP contribution in [0.3, 0.4) is 0 Å². The minimum Gasteiger partial charge on any atom is -0.340 e. The van der Waals surface area contributed by atoms with E-state index in [9.17, 15) is 9.59 Å². The molecule has 0 radical (unpaired) electrons. The van der Waals surface area contributed by atoms with E-state index in [4.69, 9.17) is 0 Å². The standard InChI is InChI=1S/C10H17NO2/c1-8(12)5-6-10-4-3-7-11(10)9(2)13/h10H,3-7H2,1-2H3. The van der Waals surface area contributed by atoms with Crippen LogP contribution in [0.15, 0.2) is 0 Å². The molecule has 0 aromatic rings. The van der Waals surface area contributed by atoms with E-state index in [0.717, 1.165) is 25.8 Å². The lowest BCUT2D eigenvalue weighted by atomic mass is 10.1. The average molecular weight is 183 g/mol. The van der Waals surface area contributed by atoms with Crippen molar-refractivity contribution in [2.45, 2.75) is 45.6 Å². The Morgan fingerprint density at radius 3 is 2.62 bits per heavy atom. The van der Waals surface area contributed by atoms with E-state index in [1.165, 1.54) is 0 Å². The minimum atomic E-state index is 0.144. The van der Waals surface area contributed by atoms with Crippen LogP contribution < -0.4 is 0 Å². The van der Waals surface area contributed by atoms with Gasteiger partial charge >= 0.3 is 0 Å². The van der Waals surface area contributed by atoms with Crippen molar-refractivity contribution in [2.24, 2.45) is 0 Å². The molecule has 13 heavy (non-hydrogen) atoms. The van der Waals surface area contributed by atoms with Gasteiger partial charge in [0.15, 0.2) is 0 Å². The Balaban J connectivity index is 2.39. The Hall–Kier alpha value is -0.860. The lowest BCUT2D eigenvalue weighted by Crippen LogP contribution is -2.33. The highest BCUT2D eigenvalue weighted by atomic mass is 16.2. The van der Waals surface area contributed by atoms with Crippen molar-refractivity contribution < 1.29 is 9.59 Å². The molecule has 0 spiro atoms. The van der Waals surface area contributed by atoms with Gasteiger partial charge in [-0.2, -0.15) is 0 Å². The summed E-state index contributed by atoms with van der Waals surface area (Å²) < 4.78 is 0. The molecule has 3 heteroatoms. The van der Waals surface area contributed by atoms with Gasteiger partial charge in [0.1, 0.15) is 5.78 Å². The van der Waals surface area contributed by atoms with Crippen LogP contribution in [-0.4, -0.2) is 29.2 Å². The monoisotopic (exact) mass is 183 g/mol. The zero-order chi connectivity index (χ0) is 9.84. The fraction of sp³-hybridized carbons (Fsp3) is 0.800. The van der Waals surface area contributed by atoms with E-state index in [-0.39, 0.29) is 11.7 Å². The highest BCUT2D eigenvalue weighted by Gasteiger charge is 2.25. The number of carbonyl (C=O) groups is 2. The molecule has 0 saturated carbocycles. The molecule has 1 saturated heterocycles. The zero-order valence-electron chi connectivity index (χ0n) is 8.38. The number of ketones is 1. The molecule has 1 aliphatic rings. The highest BCUT2D eigenvalue weighted by molar-refractivity contribution is 5.76. The summed E-state index contributed by atoms with van der Waals surface area (Å²) in [5, 5.41) is 0. The first-order chi connectivity index (χ1) is 6.11. The van der Waals surface area contributed by atoms with Crippen LogP contribution in [0.5, 0.6) is 0 Å². The molecule has 3 nitrogen and oxygen atoms in total. The third kappa shape index (κ3) is 2.83. The van der Waals surface area contributed by atoms with Crippen molar-refractivity contribution in [3.8, 4) is 0 Å². The zero-order valence-corrected chi connectivity index (χ0v) is 8.38. The van der Waals surface area contributed by atoms with E-state index in [0.29, 0.717) is 12.5 Å². The van der Waals surface area contributed by atoms with Crippen LogP contribution in [-0.2, 0) is 9.59 Å². The van der Waals surface area contributed by atoms with E-state index >= 15 is 0 Å². The van der Waals surface area contributed by atoms with Gasteiger partial charge in [-0.1, -0.05) is 0 Å². The van der Waals surface area contributed by atoms with E-state index in [1.807, 2.05) is 4.90 Å². The average Bonchev–Trinajstić information content (AvgIpc) is 2.47. The Kier molecular flexibility index (Phi) is 3.46. The largest absolute Gasteiger partial charge is 0.340 e. The number of hydrogen-bond donors (Lipinski definition) is 0. The van der Waals surface area contributed by atoms with Crippen LogP contribution in [0.1, 0.15) is 39.5 Å². The number of hydrogen-bond acceptors (Lipinski definition) is 2. The summed E-state index contributed by atoms with van der Waals surface area (Å²) in [5.74, 6) is 0.362. The molecule has 0 aromatic carbocycles. The van der Waals surface area contributed by atoms with Crippen molar-refractivity contribution in [1.82, 2.24) is 4.90 Å². The number of amides is 1. The van der Waals surface area contributed by atoms with E-state index < -0.39 is 0 Å². The Labute approximate surface area is 79.1 Å². The fourth-order valence-electron chi connectivity index (χ4n) is 1.92. The van der Waals surface area contributed by atoms with Crippen molar-refractivity contribution in [1.29, 1.82) is 0 Å². The van der Waals surface area contributed by atoms with Gasteiger partial charge < -0.3 is 9.69 Å². The summed E-state index contributed by atoms with van der Waals surface area (Å²) in [5.41, 5.74) is 0. The Morgan fingerprint density at radius 2 is 2.08 bits per heavy atom. The first-order valence-corrected chi connectivity index (χ1v) is 4.88. The molecule has 1 rings (SSSR count). The predicted octanol–water partition coefficient (Wildman–Crippen LogP) is 1.37. The molecule has 0 aliphatic carbocycles. The van der Waals surface area contributed by atoms with Crippen molar-refractivity contribution in [2.75, 3.05) is 6.54 Å². The fourth-order valence-corrected chi connectivity index (χ4v) is 1.92. The number of likely N-dealkylation sites (tertiary alicyclic amines) is 1. The van der Waals surface area contributed by atoms with Gasteiger partial charge in [-0.3, -0.25) is 4.79 Å². The molecule has 1 atom stereocenters. The second-order valence-corrected chi connectivity index (χ2v) is 3.75. The smallest absolute Gasteiger partial charge is 0.219 e. The maximum atomic E-state index is 11.1. The Bertz CT molecular complexity index is 213. The van der Waals surface area contributed by atoms with Crippen molar-refractivity contribution >= 4 is 11.7 Å². The van der Waals surface area contributed by atoms with Gasteiger partial charge in [-0.15, -0.1) is 0 Å². The first-order valence-electron chi connectivity index (χ1n) is 4.88. The lowest BCUT2D eigenvalue weighted by Gasteiger charge is -2.22. The molecule has 0 N–H and O–H groups in total. The topological polar surface area (TPSA) is 37.4 Å². The van der Waals surface area contributed by atoms with Gasteiger partial charge in [-0.05, 0) is 26.2 Å². The minimum absolute atomic E-state index is 0.144. The summed E-state index contributed by atoms with van der Waals surface area (Å²) in [6, 6.07) is 0.321. The first kappa shape index (κ1) is 10.2. The van der Waals surface area contributed by atoms with E-state index in [1.54, 1.807) is 13.8 Å². The normalized spacial score (nSPS) is 22.0. The highest BCUT2D eigenvalue weighted by Crippen LogP contribution is 2.21. The van der Waals surface area contributed by atoms with Crippen molar-refractivity contribution in [3.05, 3.63) is 0 Å². The second kappa shape index (κ2) is 4.40. The van der Waals surface area contributed by atoms with Crippen molar-refractivity contribution in [3.63, 3.8) is 0 Å². The molecule has 0 aromatic heterocycles. The summed E-state index contributed by atoms with van der Waals surface area (Å²) in [7, 11) is 0. The van der Waals surface area contributed by atoms with Gasteiger partial charge in [-0.25, -0.2) is 0 Å². The van der Waals surface area contributed by atoms with E-state index in [2.05, 4.69) is 0 Å². The number of carbonyl (C=O) groups excluding carboxylic acids is 2. The van der Waals surface area contributed by atoms with Gasteiger partial charge in [0.2, 0.25) is 5.91 Å². The number of nitrogens with zero attached hydrogens (tertiary/aromatic N) is 1. The number of Topliss-reactive ketones (excluding diaryl/α,β-unsaturated/α-hetero) is 1. The quantitative estimate of drug-likeness (QED) is 0.662. The predicted molar refractivity (Wildman–Crippen MR) is 50.3 cm³/mol. The SMILES string of the molecule is CC(=O)CCC1CCCN1C(C)=O. The maximum Gasteiger partial charge on any atom is 0.219 e. The molecule has 1 unspecified atom stereocenters. The molecule has 1 heterocycles. The second-order valence-electron chi connectivity index (χ2n) is 3.75. The summed E-state index contributed by atoms with van der Waals surface area (Å²) >= 11 is 0. The summed E-state index contributed by atoms with van der Waals surface area (Å²) in [6.45, 7) is 4.08. The lowest BCUT2D eigenvalue weighted by molar-refractivity contribution is -0.130.